The molecule has 2 unspecified atom stereocenters. The molecule has 8 nitrogen and oxygen atoms in total. The van der Waals surface area contributed by atoms with Gasteiger partial charge in [-0.1, -0.05) is 0 Å². The van der Waals surface area contributed by atoms with Crippen LogP contribution in [0.5, 0.6) is 11.6 Å². The fraction of sp³-hybridized carbons (Fsp3) is 0.462. The predicted molar refractivity (Wildman–Crippen MR) is 132 cm³/mol. The minimum atomic E-state index is -1.22. The van der Waals surface area contributed by atoms with Crippen LogP contribution in [0.4, 0.5) is 14.6 Å². The number of anilines is 1. The van der Waals surface area contributed by atoms with Crippen molar-refractivity contribution < 1.29 is 18.6 Å². The highest BCUT2D eigenvalue weighted by molar-refractivity contribution is 5.75. The van der Waals surface area contributed by atoms with E-state index in [-0.39, 0.29) is 39.3 Å². The van der Waals surface area contributed by atoms with Gasteiger partial charge in [0.25, 0.3) is 0 Å². The Kier molecular flexibility index (Phi) is 6.23. The first-order valence-corrected chi connectivity index (χ1v) is 12.1. The number of nitrogens with zero attached hydrogens (tertiary/aromatic N) is 4. The van der Waals surface area contributed by atoms with E-state index in [2.05, 4.69) is 44.9 Å². The summed E-state index contributed by atoms with van der Waals surface area (Å²) in [6, 6.07) is 5.72. The van der Waals surface area contributed by atoms with E-state index in [9.17, 15) is 9.50 Å². The number of methoxy groups -OCH3 is 1. The Labute approximate surface area is 208 Å². The van der Waals surface area contributed by atoms with E-state index in [1.54, 1.807) is 6.07 Å². The van der Waals surface area contributed by atoms with Gasteiger partial charge in [0.2, 0.25) is 5.88 Å². The Hall–Kier alpha value is -3.40. The highest BCUT2D eigenvalue weighted by Crippen LogP contribution is 2.42. The van der Waals surface area contributed by atoms with E-state index in [1.807, 2.05) is 0 Å². The van der Waals surface area contributed by atoms with Crippen molar-refractivity contribution in [3.8, 4) is 34.0 Å². The summed E-state index contributed by atoms with van der Waals surface area (Å²) in [5.74, 6) is -1.64. The van der Waals surface area contributed by atoms with Crippen molar-refractivity contribution in [2.24, 2.45) is 5.92 Å². The molecule has 1 aromatic carbocycles. The van der Waals surface area contributed by atoms with Crippen molar-refractivity contribution >= 4 is 5.82 Å². The maximum absolute atomic E-state index is 15.1. The molecule has 0 saturated carbocycles. The van der Waals surface area contributed by atoms with Gasteiger partial charge in [-0.2, -0.15) is 5.10 Å². The fourth-order valence-electron chi connectivity index (χ4n) is 5.99. The lowest BCUT2D eigenvalue weighted by molar-refractivity contribution is 0.0589. The van der Waals surface area contributed by atoms with Gasteiger partial charge < -0.3 is 20.5 Å². The third-order valence-electron chi connectivity index (χ3n) is 7.37. The van der Waals surface area contributed by atoms with Gasteiger partial charge in [0, 0.05) is 34.8 Å². The van der Waals surface area contributed by atoms with E-state index in [4.69, 9.17) is 4.74 Å². The zero-order chi connectivity index (χ0) is 25.5. The van der Waals surface area contributed by atoms with Gasteiger partial charge >= 0.3 is 0 Å². The summed E-state index contributed by atoms with van der Waals surface area (Å²) in [6.07, 6.45) is 7.06. The lowest BCUT2D eigenvalue weighted by Gasteiger charge is -2.53. The highest BCUT2D eigenvalue weighted by Gasteiger charge is 2.45. The Bertz CT molecular complexity index is 1260. The summed E-state index contributed by atoms with van der Waals surface area (Å²) in [5, 5.41) is 33.4. The minimum Gasteiger partial charge on any atom is -0.507 e. The maximum atomic E-state index is 15.1. The van der Waals surface area contributed by atoms with Crippen LogP contribution in [0.2, 0.25) is 0 Å². The summed E-state index contributed by atoms with van der Waals surface area (Å²) >= 11 is 0. The van der Waals surface area contributed by atoms with Crippen LogP contribution in [0.25, 0.3) is 22.4 Å². The molecule has 0 spiro atoms. The predicted octanol–water partition coefficient (Wildman–Crippen LogP) is 4.71. The summed E-state index contributed by atoms with van der Waals surface area (Å²) in [4.78, 5) is 0. The Balaban J connectivity index is 1.32. The molecule has 3 aromatic rings. The Morgan fingerprint density at radius 2 is 1.83 bits per heavy atom. The average Bonchev–Trinajstić information content (AvgIpc) is 2.84. The Morgan fingerprint density at radius 3 is 2.50 bits per heavy atom. The smallest absolute Gasteiger partial charge is 0.233 e. The van der Waals surface area contributed by atoms with E-state index in [0.717, 1.165) is 25.5 Å². The molecule has 0 radical (unpaired) electrons. The molecule has 4 heterocycles. The van der Waals surface area contributed by atoms with Crippen molar-refractivity contribution in [3.63, 3.8) is 0 Å². The SMILES string of the molecule is COc1cc(-c2cc(O)c(-c3ccc(NCC4CC5(C)CCCC(C)(C4)N5)nn3)c(F)c2F)cnn1. The molecule has 2 saturated heterocycles. The molecule has 2 fully saturated rings. The second-order valence-corrected chi connectivity index (χ2v) is 10.5. The van der Waals surface area contributed by atoms with Gasteiger partial charge in [-0.05, 0) is 70.1 Å². The normalized spacial score (nSPS) is 25.4. The standard InChI is InChI=1S/C26H30F2N6O2/c1-25-7-4-8-26(2,34-25)12-15(11-25)13-29-20-6-5-18(31-32-20)22-19(35)10-17(23(27)24(22)28)16-9-21(36-3)33-30-14-16/h5-6,9-10,14-15,34-35H,4,7-8,11-13H2,1-3H3,(H,29,32). The number of phenols is 1. The number of hydrogen-bond acceptors (Lipinski definition) is 8. The van der Waals surface area contributed by atoms with E-state index >= 15 is 4.39 Å². The number of nitrogens with one attached hydrogen (secondary N) is 2. The van der Waals surface area contributed by atoms with Crippen LogP contribution in [0.3, 0.4) is 0 Å². The first-order chi connectivity index (χ1) is 17.2. The lowest BCUT2D eigenvalue weighted by atomic mass is 9.67. The van der Waals surface area contributed by atoms with Gasteiger partial charge in [0.15, 0.2) is 11.6 Å². The van der Waals surface area contributed by atoms with Gasteiger partial charge in [-0.25, -0.2) is 8.78 Å². The average molecular weight is 497 g/mol. The zero-order valence-electron chi connectivity index (χ0n) is 20.6. The fourth-order valence-corrected chi connectivity index (χ4v) is 5.99. The van der Waals surface area contributed by atoms with Gasteiger partial charge in [0.05, 0.1) is 24.6 Å². The number of aromatic hydroxyl groups is 1. The number of fused-ring (bicyclic) bond motifs is 2. The molecule has 3 N–H and O–H groups in total. The topological polar surface area (TPSA) is 105 Å². The van der Waals surface area contributed by atoms with Gasteiger partial charge in [-0.3, -0.25) is 0 Å². The number of rotatable bonds is 6. The second-order valence-electron chi connectivity index (χ2n) is 10.5. The van der Waals surface area contributed by atoms with Crippen LogP contribution < -0.4 is 15.4 Å². The van der Waals surface area contributed by atoms with E-state index < -0.39 is 17.4 Å². The quantitative estimate of drug-likeness (QED) is 0.451. The molecule has 0 amide bonds. The number of hydrogen-bond donors (Lipinski definition) is 3. The molecule has 36 heavy (non-hydrogen) atoms. The third kappa shape index (κ3) is 4.69. The van der Waals surface area contributed by atoms with Crippen molar-refractivity contribution in [1.82, 2.24) is 25.7 Å². The lowest BCUT2D eigenvalue weighted by Crippen LogP contribution is -2.63. The third-order valence-corrected chi connectivity index (χ3v) is 7.37. The first-order valence-electron chi connectivity index (χ1n) is 12.1. The van der Waals surface area contributed by atoms with Crippen LogP contribution in [-0.2, 0) is 0 Å². The van der Waals surface area contributed by atoms with Gasteiger partial charge in [-0.15, -0.1) is 15.3 Å². The molecule has 5 rings (SSSR count). The van der Waals surface area contributed by atoms with Crippen molar-refractivity contribution in [1.29, 1.82) is 0 Å². The van der Waals surface area contributed by atoms with Crippen LogP contribution >= 0.6 is 0 Å². The number of phenolic OH excluding ortho intramolecular Hbond substituents is 1. The molecule has 2 aromatic heterocycles. The summed E-state index contributed by atoms with van der Waals surface area (Å²) < 4.78 is 35.0. The Morgan fingerprint density at radius 1 is 1.08 bits per heavy atom. The monoisotopic (exact) mass is 496 g/mol. The molecule has 2 atom stereocenters. The van der Waals surface area contributed by atoms with E-state index in [1.165, 1.54) is 44.7 Å². The summed E-state index contributed by atoms with van der Waals surface area (Å²) in [7, 11) is 1.39. The first kappa shape index (κ1) is 24.3. The van der Waals surface area contributed by atoms with Gasteiger partial charge in [0.1, 0.15) is 11.6 Å². The van der Waals surface area contributed by atoms with E-state index in [0.29, 0.717) is 11.7 Å². The summed E-state index contributed by atoms with van der Waals surface area (Å²) in [5.41, 5.74) is 0.0585. The zero-order valence-corrected chi connectivity index (χ0v) is 20.6. The molecular formula is C26H30F2N6O2. The van der Waals surface area contributed by atoms with Crippen LogP contribution in [0, 0.1) is 17.6 Å². The maximum Gasteiger partial charge on any atom is 0.233 e. The molecule has 190 valence electrons. The number of aromatic nitrogens is 4. The number of ether oxygens (including phenoxy) is 1. The number of benzene rings is 1. The van der Waals surface area contributed by atoms with Crippen LogP contribution in [0.1, 0.15) is 46.0 Å². The van der Waals surface area contributed by atoms with Crippen LogP contribution in [-0.4, -0.2) is 50.2 Å². The largest absolute Gasteiger partial charge is 0.507 e. The van der Waals surface area contributed by atoms with Crippen molar-refractivity contribution in [3.05, 3.63) is 42.1 Å². The van der Waals surface area contributed by atoms with Crippen molar-refractivity contribution in [2.75, 3.05) is 19.0 Å². The summed E-state index contributed by atoms with van der Waals surface area (Å²) in [6.45, 7) is 5.36. The second kappa shape index (κ2) is 9.24. The molecular weight excluding hydrogens is 466 g/mol. The number of halogens is 2. The molecule has 2 aliphatic rings. The molecule has 2 bridgehead atoms. The number of piperidine rings is 2. The highest BCUT2D eigenvalue weighted by atomic mass is 19.2. The molecule has 2 aliphatic heterocycles. The molecule has 0 aliphatic carbocycles. The minimum absolute atomic E-state index is 0.0304. The molecule has 10 heteroatoms. The van der Waals surface area contributed by atoms with Crippen molar-refractivity contribution in [2.45, 2.75) is 57.0 Å². The van der Waals surface area contributed by atoms with Crippen LogP contribution in [0.15, 0.2) is 30.5 Å².